The summed E-state index contributed by atoms with van der Waals surface area (Å²) in [5.41, 5.74) is 7.36. The van der Waals surface area contributed by atoms with E-state index in [1.165, 1.54) is 19.3 Å². The van der Waals surface area contributed by atoms with Gasteiger partial charge in [-0.15, -0.1) is 11.3 Å². The monoisotopic (exact) mass is 253 g/mol. The highest BCUT2D eigenvalue weighted by molar-refractivity contribution is 7.13. The van der Waals surface area contributed by atoms with E-state index in [0.717, 1.165) is 23.9 Å². The lowest BCUT2D eigenvalue weighted by Crippen LogP contribution is -2.25. The average molecular weight is 253 g/mol. The number of nitrogens with two attached hydrogens (primary N) is 1. The van der Waals surface area contributed by atoms with E-state index < -0.39 is 0 Å². The molecule has 1 unspecified atom stereocenters. The normalized spacial score (nSPS) is 22.2. The minimum absolute atomic E-state index is 0.0448. The van der Waals surface area contributed by atoms with E-state index in [1.807, 2.05) is 6.92 Å². The van der Waals surface area contributed by atoms with E-state index in [4.69, 9.17) is 5.73 Å². The van der Waals surface area contributed by atoms with E-state index in [9.17, 15) is 0 Å². The van der Waals surface area contributed by atoms with Crippen LogP contribution in [0.2, 0.25) is 0 Å². The number of nitrogens with zero attached hydrogens (tertiary/aromatic N) is 2. The van der Waals surface area contributed by atoms with Gasteiger partial charge in [-0.25, -0.2) is 4.98 Å². The summed E-state index contributed by atoms with van der Waals surface area (Å²) in [7, 11) is 0. The first kappa shape index (κ1) is 12.8. The van der Waals surface area contributed by atoms with Crippen molar-refractivity contribution in [3.05, 3.63) is 11.1 Å². The van der Waals surface area contributed by atoms with Gasteiger partial charge >= 0.3 is 0 Å². The van der Waals surface area contributed by atoms with E-state index in [1.54, 1.807) is 11.3 Å². The molecule has 1 aromatic heterocycles. The van der Waals surface area contributed by atoms with Gasteiger partial charge in [-0.1, -0.05) is 13.8 Å². The molecule has 1 saturated heterocycles. The van der Waals surface area contributed by atoms with Gasteiger partial charge < -0.3 is 10.6 Å². The van der Waals surface area contributed by atoms with Crippen LogP contribution in [0.1, 0.15) is 51.8 Å². The van der Waals surface area contributed by atoms with Crippen molar-refractivity contribution in [2.45, 2.75) is 46.1 Å². The van der Waals surface area contributed by atoms with Crippen LogP contribution in [0.25, 0.3) is 0 Å². The van der Waals surface area contributed by atoms with Gasteiger partial charge in [-0.3, -0.25) is 0 Å². The van der Waals surface area contributed by atoms with Crippen molar-refractivity contribution in [3.63, 3.8) is 0 Å². The van der Waals surface area contributed by atoms with Gasteiger partial charge in [-0.05, 0) is 31.6 Å². The van der Waals surface area contributed by atoms with Gasteiger partial charge in [0.2, 0.25) is 0 Å². The molecule has 0 saturated carbocycles. The Hall–Kier alpha value is -0.610. The van der Waals surface area contributed by atoms with Crippen LogP contribution in [0.3, 0.4) is 0 Å². The average Bonchev–Trinajstić information content (AvgIpc) is 2.65. The zero-order valence-electron chi connectivity index (χ0n) is 11.1. The first-order chi connectivity index (χ1) is 7.98. The molecule has 1 fully saturated rings. The summed E-state index contributed by atoms with van der Waals surface area (Å²) in [5, 5.41) is 3.24. The molecule has 0 aromatic carbocycles. The molecule has 1 aliphatic heterocycles. The molecule has 0 amide bonds. The second kappa shape index (κ2) is 4.94. The first-order valence-electron chi connectivity index (χ1n) is 6.44. The van der Waals surface area contributed by atoms with E-state index in [2.05, 4.69) is 29.1 Å². The Morgan fingerprint density at radius 3 is 2.82 bits per heavy atom. The minimum Gasteiger partial charge on any atom is -0.348 e. The molecular weight excluding hydrogens is 230 g/mol. The third-order valence-electron chi connectivity index (χ3n) is 3.59. The van der Waals surface area contributed by atoms with Crippen LogP contribution in [0, 0.1) is 5.41 Å². The van der Waals surface area contributed by atoms with Crippen LogP contribution < -0.4 is 10.6 Å². The maximum absolute atomic E-state index is 5.86. The Morgan fingerprint density at radius 2 is 2.18 bits per heavy atom. The Morgan fingerprint density at radius 1 is 1.41 bits per heavy atom. The molecule has 1 aliphatic rings. The van der Waals surface area contributed by atoms with Crippen molar-refractivity contribution in [2.24, 2.45) is 11.1 Å². The van der Waals surface area contributed by atoms with Gasteiger partial charge in [0.05, 0.1) is 5.69 Å². The van der Waals surface area contributed by atoms with Gasteiger partial charge in [0.15, 0.2) is 5.13 Å². The van der Waals surface area contributed by atoms with Crippen LogP contribution in [-0.4, -0.2) is 18.1 Å². The Labute approximate surface area is 108 Å². The maximum atomic E-state index is 5.86. The van der Waals surface area contributed by atoms with E-state index >= 15 is 0 Å². The number of hydrogen-bond acceptors (Lipinski definition) is 4. The topological polar surface area (TPSA) is 42.1 Å². The molecule has 2 rings (SSSR count). The highest BCUT2D eigenvalue weighted by Gasteiger charge is 2.24. The van der Waals surface area contributed by atoms with E-state index in [0.29, 0.717) is 5.41 Å². The molecule has 0 bridgehead atoms. The number of aromatic nitrogens is 1. The predicted molar refractivity (Wildman–Crippen MR) is 74.6 cm³/mol. The van der Waals surface area contributed by atoms with Crippen molar-refractivity contribution in [3.8, 4) is 0 Å². The molecule has 0 aliphatic carbocycles. The summed E-state index contributed by atoms with van der Waals surface area (Å²) < 4.78 is 0. The Balaban J connectivity index is 2.06. The van der Waals surface area contributed by atoms with Gasteiger partial charge in [-0.2, -0.15) is 0 Å². The fraction of sp³-hybridized carbons (Fsp3) is 0.769. The predicted octanol–water partition coefficient (Wildman–Crippen LogP) is 3.18. The molecule has 96 valence electrons. The van der Waals surface area contributed by atoms with Crippen LogP contribution >= 0.6 is 11.3 Å². The molecule has 17 heavy (non-hydrogen) atoms. The molecule has 1 atom stereocenters. The molecule has 0 spiro atoms. The molecule has 1 aromatic rings. The number of anilines is 1. The standard InChI is InChI=1S/C13H23N3S/c1-10(14)11-9-17-12(15-11)16-7-4-5-13(2,3)6-8-16/h9-10H,4-8,14H2,1-3H3. The third-order valence-corrected chi connectivity index (χ3v) is 4.51. The molecule has 2 N–H and O–H groups in total. The lowest BCUT2D eigenvalue weighted by atomic mass is 9.85. The smallest absolute Gasteiger partial charge is 0.185 e. The quantitative estimate of drug-likeness (QED) is 0.880. The van der Waals surface area contributed by atoms with Gasteiger partial charge in [0.1, 0.15) is 0 Å². The van der Waals surface area contributed by atoms with Gasteiger partial charge in [0.25, 0.3) is 0 Å². The van der Waals surface area contributed by atoms with Crippen LogP contribution in [0.5, 0.6) is 0 Å². The molecule has 4 heteroatoms. The zero-order chi connectivity index (χ0) is 12.5. The molecule has 3 nitrogen and oxygen atoms in total. The third kappa shape index (κ3) is 3.19. The molecule has 2 heterocycles. The van der Waals surface area contributed by atoms with Crippen molar-refractivity contribution in [1.29, 1.82) is 0 Å². The molecule has 0 radical (unpaired) electrons. The number of rotatable bonds is 2. The van der Waals surface area contributed by atoms with Crippen molar-refractivity contribution in [1.82, 2.24) is 4.98 Å². The summed E-state index contributed by atoms with van der Waals surface area (Å²) in [6, 6.07) is 0.0448. The first-order valence-corrected chi connectivity index (χ1v) is 7.32. The minimum atomic E-state index is 0.0448. The summed E-state index contributed by atoms with van der Waals surface area (Å²) in [4.78, 5) is 7.06. The van der Waals surface area contributed by atoms with Crippen molar-refractivity contribution < 1.29 is 0 Å². The lowest BCUT2D eigenvalue weighted by molar-refractivity contribution is 0.325. The largest absolute Gasteiger partial charge is 0.348 e. The highest BCUT2D eigenvalue weighted by atomic mass is 32.1. The van der Waals surface area contributed by atoms with Crippen molar-refractivity contribution >= 4 is 16.5 Å². The SMILES string of the molecule is CC(N)c1csc(N2CCCC(C)(C)CC2)n1. The summed E-state index contributed by atoms with van der Waals surface area (Å²) in [6.07, 6.45) is 3.83. The Kier molecular flexibility index (Phi) is 3.73. The Bertz CT molecular complexity index is 370. The van der Waals surface area contributed by atoms with Gasteiger partial charge in [0, 0.05) is 24.5 Å². The summed E-state index contributed by atoms with van der Waals surface area (Å²) in [5.74, 6) is 0. The second-order valence-corrected chi connectivity index (χ2v) is 6.68. The number of thiazole rings is 1. The molecular formula is C13H23N3S. The second-order valence-electron chi connectivity index (χ2n) is 5.85. The maximum Gasteiger partial charge on any atom is 0.185 e. The number of hydrogen-bond donors (Lipinski definition) is 1. The lowest BCUT2D eigenvalue weighted by Gasteiger charge is -2.22. The van der Waals surface area contributed by atoms with Crippen LogP contribution in [0.15, 0.2) is 5.38 Å². The fourth-order valence-electron chi connectivity index (χ4n) is 2.24. The van der Waals surface area contributed by atoms with Crippen molar-refractivity contribution in [2.75, 3.05) is 18.0 Å². The van der Waals surface area contributed by atoms with E-state index in [-0.39, 0.29) is 6.04 Å². The summed E-state index contributed by atoms with van der Waals surface area (Å²) in [6.45, 7) is 8.98. The van der Waals surface area contributed by atoms with Crippen LogP contribution in [0.4, 0.5) is 5.13 Å². The summed E-state index contributed by atoms with van der Waals surface area (Å²) >= 11 is 1.73. The zero-order valence-corrected chi connectivity index (χ0v) is 11.9. The fourth-order valence-corrected chi connectivity index (χ4v) is 3.23. The van der Waals surface area contributed by atoms with Crippen LogP contribution in [-0.2, 0) is 0 Å². The highest BCUT2D eigenvalue weighted by Crippen LogP contribution is 2.32.